The van der Waals surface area contributed by atoms with E-state index >= 15 is 0 Å². The van der Waals surface area contributed by atoms with Gasteiger partial charge in [0.2, 0.25) is 16.0 Å². The number of rotatable bonds is 7. The quantitative estimate of drug-likeness (QED) is 0.594. The van der Waals surface area contributed by atoms with Crippen LogP contribution in [0, 0.1) is 0 Å². The molecule has 0 aliphatic heterocycles. The number of hydrogen-bond donors (Lipinski definition) is 3. The van der Waals surface area contributed by atoms with Crippen LogP contribution in [0.25, 0.3) is 0 Å². The van der Waals surface area contributed by atoms with Crippen LogP contribution in [-0.4, -0.2) is 37.2 Å². The van der Waals surface area contributed by atoms with Gasteiger partial charge in [0.25, 0.3) is 0 Å². The van der Waals surface area contributed by atoms with E-state index in [1.54, 1.807) is 12.3 Å². The fourth-order valence-corrected chi connectivity index (χ4v) is 1.74. The van der Waals surface area contributed by atoms with E-state index in [1.807, 2.05) is 6.92 Å². The lowest BCUT2D eigenvalue weighted by molar-refractivity contribution is 0.595. The van der Waals surface area contributed by atoms with Crippen LogP contribution in [0.3, 0.4) is 0 Å². The Balaban J connectivity index is 2.38. The Morgan fingerprint density at radius 1 is 1.41 bits per heavy atom. The molecular formula is C9H17N5O2S. The molecule has 0 aromatic carbocycles. The first-order valence-corrected chi connectivity index (χ1v) is 7.04. The highest BCUT2D eigenvalue weighted by molar-refractivity contribution is 7.89. The summed E-state index contributed by atoms with van der Waals surface area (Å²) in [7, 11) is -3.38. The highest BCUT2D eigenvalue weighted by atomic mass is 32.2. The van der Waals surface area contributed by atoms with Gasteiger partial charge in [0.1, 0.15) is 5.82 Å². The molecule has 0 radical (unpaired) electrons. The monoisotopic (exact) mass is 259 g/mol. The molecule has 96 valence electrons. The third-order valence-corrected chi connectivity index (χ3v) is 2.76. The Bertz CT molecular complexity index is 448. The number of anilines is 2. The third-order valence-electron chi connectivity index (χ3n) is 1.90. The van der Waals surface area contributed by atoms with Crippen molar-refractivity contribution in [1.82, 2.24) is 9.97 Å². The van der Waals surface area contributed by atoms with Crippen molar-refractivity contribution < 1.29 is 8.42 Å². The summed E-state index contributed by atoms with van der Waals surface area (Å²) in [5, 5.41) is 10.9. The molecule has 1 heterocycles. The minimum atomic E-state index is -3.38. The van der Waals surface area contributed by atoms with Gasteiger partial charge in [0, 0.05) is 19.3 Å². The minimum Gasteiger partial charge on any atom is -0.370 e. The molecule has 0 aliphatic rings. The summed E-state index contributed by atoms with van der Waals surface area (Å²) in [5.41, 5.74) is 0. The van der Waals surface area contributed by atoms with Crippen LogP contribution in [0.2, 0.25) is 0 Å². The maximum absolute atomic E-state index is 10.7. The van der Waals surface area contributed by atoms with E-state index in [9.17, 15) is 8.42 Å². The summed E-state index contributed by atoms with van der Waals surface area (Å²) in [4.78, 5) is 8.20. The molecule has 4 N–H and O–H groups in total. The largest absolute Gasteiger partial charge is 0.370 e. The van der Waals surface area contributed by atoms with E-state index in [4.69, 9.17) is 5.14 Å². The van der Waals surface area contributed by atoms with E-state index < -0.39 is 10.0 Å². The third kappa shape index (κ3) is 6.03. The topological polar surface area (TPSA) is 110 Å². The van der Waals surface area contributed by atoms with Gasteiger partial charge >= 0.3 is 0 Å². The van der Waals surface area contributed by atoms with Gasteiger partial charge in [-0.15, -0.1) is 0 Å². The second kappa shape index (κ2) is 6.36. The summed E-state index contributed by atoms with van der Waals surface area (Å²) in [6.45, 7) is 3.20. The fraction of sp³-hybridized carbons (Fsp3) is 0.556. The highest BCUT2D eigenvalue weighted by Gasteiger charge is 2.02. The zero-order valence-electron chi connectivity index (χ0n) is 9.68. The van der Waals surface area contributed by atoms with E-state index in [2.05, 4.69) is 20.6 Å². The lowest BCUT2D eigenvalue weighted by Gasteiger charge is -2.06. The Kier molecular flexibility index (Phi) is 5.11. The molecule has 0 unspecified atom stereocenters. The van der Waals surface area contributed by atoms with Crippen molar-refractivity contribution in [3.05, 3.63) is 12.3 Å². The predicted octanol–water partition coefficient (Wildman–Crippen LogP) is -0.00110. The van der Waals surface area contributed by atoms with Crippen molar-refractivity contribution >= 4 is 21.8 Å². The molecule has 0 bridgehead atoms. The molecule has 1 aromatic heterocycles. The van der Waals surface area contributed by atoms with Gasteiger partial charge in [-0.3, -0.25) is 0 Å². The molecule has 7 nitrogen and oxygen atoms in total. The predicted molar refractivity (Wildman–Crippen MR) is 67.3 cm³/mol. The van der Waals surface area contributed by atoms with Crippen molar-refractivity contribution in [2.75, 3.05) is 29.5 Å². The molecule has 0 fully saturated rings. The van der Waals surface area contributed by atoms with E-state index in [0.29, 0.717) is 24.7 Å². The van der Waals surface area contributed by atoms with Gasteiger partial charge in [-0.1, -0.05) is 0 Å². The molecule has 0 saturated carbocycles. The average molecular weight is 259 g/mol. The second-order valence-corrected chi connectivity index (χ2v) is 5.18. The SMILES string of the molecule is CCNc1nccc(NCCCS(N)(=O)=O)n1. The van der Waals surface area contributed by atoms with Crippen molar-refractivity contribution in [3.63, 3.8) is 0 Å². The lowest BCUT2D eigenvalue weighted by Crippen LogP contribution is -2.19. The number of nitrogens with zero attached hydrogens (tertiary/aromatic N) is 2. The van der Waals surface area contributed by atoms with Gasteiger partial charge in [-0.25, -0.2) is 18.5 Å². The van der Waals surface area contributed by atoms with Gasteiger partial charge in [0.15, 0.2) is 0 Å². The van der Waals surface area contributed by atoms with Gasteiger partial charge in [-0.05, 0) is 19.4 Å². The van der Waals surface area contributed by atoms with E-state index in [-0.39, 0.29) is 5.75 Å². The zero-order chi connectivity index (χ0) is 12.7. The fourth-order valence-electron chi connectivity index (χ4n) is 1.19. The van der Waals surface area contributed by atoms with Crippen LogP contribution < -0.4 is 15.8 Å². The summed E-state index contributed by atoms with van der Waals surface area (Å²) < 4.78 is 21.4. The van der Waals surface area contributed by atoms with Crippen LogP contribution in [-0.2, 0) is 10.0 Å². The minimum absolute atomic E-state index is 0.0366. The molecular weight excluding hydrogens is 242 g/mol. The molecule has 1 aromatic rings. The smallest absolute Gasteiger partial charge is 0.224 e. The normalized spacial score (nSPS) is 11.2. The second-order valence-electron chi connectivity index (χ2n) is 3.44. The van der Waals surface area contributed by atoms with Crippen molar-refractivity contribution in [2.24, 2.45) is 5.14 Å². The summed E-state index contributed by atoms with van der Waals surface area (Å²) in [6, 6.07) is 1.72. The van der Waals surface area contributed by atoms with Crippen molar-refractivity contribution in [1.29, 1.82) is 0 Å². The summed E-state index contributed by atoms with van der Waals surface area (Å²) >= 11 is 0. The molecule has 0 amide bonds. The number of nitrogens with one attached hydrogen (secondary N) is 2. The first kappa shape index (κ1) is 13.7. The Labute approximate surface area is 101 Å². The van der Waals surface area contributed by atoms with Crippen LogP contribution in [0.4, 0.5) is 11.8 Å². The van der Waals surface area contributed by atoms with Gasteiger partial charge in [-0.2, -0.15) is 4.98 Å². The first-order chi connectivity index (χ1) is 8.01. The molecule has 17 heavy (non-hydrogen) atoms. The number of aromatic nitrogens is 2. The molecule has 1 rings (SSSR count). The number of primary sulfonamides is 1. The Morgan fingerprint density at radius 3 is 2.82 bits per heavy atom. The molecule has 0 spiro atoms. The summed E-state index contributed by atoms with van der Waals surface area (Å²) in [6.07, 6.45) is 2.08. The van der Waals surface area contributed by atoms with Crippen LogP contribution in [0.5, 0.6) is 0 Å². The van der Waals surface area contributed by atoms with E-state index in [1.165, 1.54) is 0 Å². The standard InChI is InChI=1S/C9H17N5O2S/c1-2-11-9-13-6-4-8(14-9)12-5-3-7-17(10,15)16/h4,6H,2-3,5,7H2,1H3,(H2,10,15,16)(H2,11,12,13,14). The lowest BCUT2D eigenvalue weighted by atomic mass is 10.4. The van der Waals surface area contributed by atoms with Crippen LogP contribution in [0.15, 0.2) is 12.3 Å². The Morgan fingerprint density at radius 2 is 2.18 bits per heavy atom. The molecule has 8 heteroatoms. The zero-order valence-corrected chi connectivity index (χ0v) is 10.5. The van der Waals surface area contributed by atoms with E-state index in [0.717, 1.165) is 6.54 Å². The number of nitrogens with two attached hydrogens (primary N) is 1. The van der Waals surface area contributed by atoms with Crippen LogP contribution in [0.1, 0.15) is 13.3 Å². The maximum Gasteiger partial charge on any atom is 0.224 e. The molecule has 0 aliphatic carbocycles. The number of hydrogen-bond acceptors (Lipinski definition) is 6. The highest BCUT2D eigenvalue weighted by Crippen LogP contribution is 2.05. The van der Waals surface area contributed by atoms with Crippen molar-refractivity contribution in [2.45, 2.75) is 13.3 Å². The average Bonchev–Trinajstić information content (AvgIpc) is 2.24. The number of sulfonamides is 1. The Hall–Kier alpha value is -1.41. The molecule has 0 atom stereocenters. The maximum atomic E-state index is 10.7. The van der Waals surface area contributed by atoms with Gasteiger partial charge < -0.3 is 10.6 Å². The van der Waals surface area contributed by atoms with Crippen molar-refractivity contribution in [3.8, 4) is 0 Å². The first-order valence-electron chi connectivity index (χ1n) is 5.32. The summed E-state index contributed by atoms with van der Waals surface area (Å²) in [5.74, 6) is 1.17. The van der Waals surface area contributed by atoms with Crippen LogP contribution >= 0.6 is 0 Å². The van der Waals surface area contributed by atoms with Gasteiger partial charge in [0.05, 0.1) is 5.75 Å². The molecule has 0 saturated heterocycles.